The van der Waals surface area contributed by atoms with Crippen LogP contribution in [0.4, 0.5) is 4.79 Å². The smallest absolute Gasteiger partial charge is 0.315 e. The average molecular weight is 324 g/mol. The van der Waals surface area contributed by atoms with Gasteiger partial charge in [-0.25, -0.2) is 4.79 Å². The van der Waals surface area contributed by atoms with Crippen LogP contribution in [0, 0.1) is 5.92 Å². The molecule has 0 aromatic rings. The predicted molar refractivity (Wildman–Crippen MR) is 91.3 cm³/mol. The number of hydrogen-bond donors (Lipinski definition) is 2. The fraction of sp³-hybridized carbons (Fsp3) is 0.882. The van der Waals surface area contributed by atoms with Crippen LogP contribution in [0.25, 0.3) is 0 Å². The van der Waals surface area contributed by atoms with Gasteiger partial charge in [0.1, 0.15) is 0 Å². The minimum absolute atomic E-state index is 0.0863. The lowest BCUT2D eigenvalue weighted by atomic mass is 9.97. The van der Waals surface area contributed by atoms with E-state index in [1.165, 1.54) is 25.8 Å². The standard InChI is InChI=1S/C17H32N4O2/c1-3-8-20-9-5-14(6-10-20)12-18-17(23)19-15-7-11-21(13-15)16(22)4-2/h14-15H,3-13H2,1-2H3,(H2,18,19,23)/t15-/m1/s1. The minimum atomic E-state index is -0.0863. The maximum absolute atomic E-state index is 12.0. The number of amides is 3. The van der Waals surface area contributed by atoms with Crippen LogP contribution in [-0.2, 0) is 4.79 Å². The lowest BCUT2D eigenvalue weighted by Gasteiger charge is -2.31. The fourth-order valence-corrected chi connectivity index (χ4v) is 3.53. The molecule has 23 heavy (non-hydrogen) atoms. The van der Waals surface area contributed by atoms with Crippen LogP contribution < -0.4 is 10.6 Å². The van der Waals surface area contributed by atoms with Gasteiger partial charge in [0.15, 0.2) is 0 Å². The molecule has 2 saturated heterocycles. The van der Waals surface area contributed by atoms with Crippen LogP contribution in [0.5, 0.6) is 0 Å². The molecule has 2 aliphatic rings. The molecular formula is C17H32N4O2. The number of carbonyl (C=O) groups excluding carboxylic acids is 2. The van der Waals surface area contributed by atoms with Crippen molar-refractivity contribution in [1.82, 2.24) is 20.4 Å². The van der Waals surface area contributed by atoms with Crippen LogP contribution in [0.15, 0.2) is 0 Å². The summed E-state index contributed by atoms with van der Waals surface area (Å²) in [6.45, 7) is 9.75. The Labute approximate surface area is 140 Å². The van der Waals surface area contributed by atoms with Gasteiger partial charge in [0, 0.05) is 32.1 Å². The van der Waals surface area contributed by atoms with Gasteiger partial charge in [-0.2, -0.15) is 0 Å². The number of nitrogens with one attached hydrogen (secondary N) is 2. The first-order valence-corrected chi connectivity index (χ1v) is 9.16. The molecule has 0 radical (unpaired) electrons. The van der Waals surface area contributed by atoms with Crippen molar-refractivity contribution in [1.29, 1.82) is 0 Å². The van der Waals surface area contributed by atoms with Crippen LogP contribution in [-0.4, -0.2) is 67.0 Å². The average Bonchev–Trinajstić information content (AvgIpc) is 3.02. The van der Waals surface area contributed by atoms with Crippen molar-refractivity contribution in [2.24, 2.45) is 5.92 Å². The van der Waals surface area contributed by atoms with E-state index in [9.17, 15) is 9.59 Å². The highest BCUT2D eigenvalue weighted by Crippen LogP contribution is 2.16. The third-order valence-electron chi connectivity index (χ3n) is 4.98. The van der Waals surface area contributed by atoms with Gasteiger partial charge in [-0.1, -0.05) is 13.8 Å². The zero-order valence-corrected chi connectivity index (χ0v) is 14.6. The number of hydrogen-bond acceptors (Lipinski definition) is 3. The molecule has 2 heterocycles. The lowest BCUT2D eigenvalue weighted by molar-refractivity contribution is -0.129. The largest absolute Gasteiger partial charge is 0.341 e. The van der Waals surface area contributed by atoms with E-state index < -0.39 is 0 Å². The SMILES string of the molecule is CCCN1CCC(CNC(=O)N[C@@H]2CCN(C(=O)CC)C2)CC1. The normalized spacial score (nSPS) is 23.0. The Morgan fingerprint density at radius 3 is 2.48 bits per heavy atom. The van der Waals surface area contributed by atoms with Gasteiger partial charge >= 0.3 is 6.03 Å². The quantitative estimate of drug-likeness (QED) is 0.776. The third kappa shape index (κ3) is 5.68. The van der Waals surface area contributed by atoms with Gasteiger partial charge in [0.2, 0.25) is 5.91 Å². The summed E-state index contributed by atoms with van der Waals surface area (Å²) in [5, 5.41) is 6.01. The van der Waals surface area contributed by atoms with Crippen LogP contribution in [0.1, 0.15) is 46.0 Å². The maximum atomic E-state index is 12.0. The van der Waals surface area contributed by atoms with E-state index in [-0.39, 0.29) is 18.0 Å². The molecule has 1 atom stereocenters. The Bertz CT molecular complexity index is 394. The van der Waals surface area contributed by atoms with Crippen molar-refractivity contribution >= 4 is 11.9 Å². The van der Waals surface area contributed by atoms with E-state index in [4.69, 9.17) is 0 Å². The Morgan fingerprint density at radius 2 is 1.83 bits per heavy atom. The summed E-state index contributed by atoms with van der Waals surface area (Å²) in [4.78, 5) is 28.0. The fourth-order valence-electron chi connectivity index (χ4n) is 3.53. The second-order valence-corrected chi connectivity index (χ2v) is 6.82. The monoisotopic (exact) mass is 324 g/mol. The molecule has 0 bridgehead atoms. The van der Waals surface area contributed by atoms with Gasteiger partial charge in [-0.15, -0.1) is 0 Å². The van der Waals surface area contributed by atoms with Crippen molar-refractivity contribution in [2.45, 2.75) is 52.0 Å². The summed E-state index contributed by atoms with van der Waals surface area (Å²) in [7, 11) is 0. The first-order chi connectivity index (χ1) is 11.1. The number of carbonyl (C=O) groups is 2. The molecule has 2 rings (SSSR count). The van der Waals surface area contributed by atoms with Crippen molar-refractivity contribution in [3.05, 3.63) is 0 Å². The summed E-state index contributed by atoms with van der Waals surface area (Å²) >= 11 is 0. The molecule has 3 amide bonds. The van der Waals surface area contributed by atoms with Crippen LogP contribution >= 0.6 is 0 Å². The summed E-state index contributed by atoms with van der Waals surface area (Å²) in [5.74, 6) is 0.768. The molecule has 0 aromatic heterocycles. The van der Waals surface area contributed by atoms with Gasteiger partial charge in [-0.05, 0) is 51.2 Å². The topological polar surface area (TPSA) is 64.7 Å². The Hall–Kier alpha value is -1.30. The van der Waals surface area contributed by atoms with Crippen molar-refractivity contribution in [2.75, 3.05) is 39.3 Å². The van der Waals surface area contributed by atoms with E-state index in [1.54, 1.807) is 0 Å². The second kappa shape index (κ2) is 9.11. The molecule has 0 saturated carbocycles. The molecule has 6 nitrogen and oxygen atoms in total. The highest BCUT2D eigenvalue weighted by molar-refractivity contribution is 5.77. The van der Waals surface area contributed by atoms with Gasteiger partial charge in [0.05, 0.1) is 0 Å². The molecule has 2 N–H and O–H groups in total. The van der Waals surface area contributed by atoms with Gasteiger partial charge in [-0.3, -0.25) is 4.79 Å². The number of rotatable bonds is 6. The summed E-state index contributed by atoms with van der Waals surface area (Å²) < 4.78 is 0. The molecule has 0 aromatic carbocycles. The first kappa shape index (κ1) is 18.0. The third-order valence-corrected chi connectivity index (χ3v) is 4.98. The van der Waals surface area contributed by atoms with Crippen molar-refractivity contribution in [3.63, 3.8) is 0 Å². The van der Waals surface area contributed by atoms with E-state index >= 15 is 0 Å². The van der Waals surface area contributed by atoms with E-state index in [0.717, 1.165) is 32.6 Å². The molecular weight excluding hydrogens is 292 g/mol. The Kier molecular flexibility index (Phi) is 7.15. The van der Waals surface area contributed by atoms with Crippen molar-refractivity contribution < 1.29 is 9.59 Å². The summed E-state index contributed by atoms with van der Waals surface area (Å²) in [5.41, 5.74) is 0. The van der Waals surface area contributed by atoms with Crippen molar-refractivity contribution in [3.8, 4) is 0 Å². The molecule has 6 heteroatoms. The molecule has 0 aliphatic carbocycles. The Morgan fingerprint density at radius 1 is 1.09 bits per heavy atom. The number of likely N-dealkylation sites (tertiary alicyclic amines) is 2. The van der Waals surface area contributed by atoms with E-state index in [0.29, 0.717) is 18.9 Å². The van der Waals surface area contributed by atoms with E-state index in [2.05, 4.69) is 22.5 Å². The zero-order valence-electron chi connectivity index (χ0n) is 14.6. The van der Waals surface area contributed by atoms with Crippen LogP contribution in [0.3, 0.4) is 0 Å². The lowest BCUT2D eigenvalue weighted by Crippen LogP contribution is -2.46. The molecule has 0 unspecified atom stereocenters. The predicted octanol–water partition coefficient (Wildman–Crippen LogP) is 1.42. The molecule has 0 spiro atoms. The first-order valence-electron chi connectivity index (χ1n) is 9.16. The summed E-state index contributed by atoms with van der Waals surface area (Å²) in [6.07, 6.45) is 4.94. The zero-order chi connectivity index (χ0) is 16.7. The second-order valence-electron chi connectivity index (χ2n) is 6.82. The molecule has 2 fully saturated rings. The van der Waals surface area contributed by atoms with Gasteiger partial charge in [0.25, 0.3) is 0 Å². The minimum Gasteiger partial charge on any atom is -0.341 e. The maximum Gasteiger partial charge on any atom is 0.315 e. The van der Waals surface area contributed by atoms with Gasteiger partial charge < -0.3 is 20.4 Å². The number of urea groups is 1. The number of piperidine rings is 1. The highest BCUT2D eigenvalue weighted by atomic mass is 16.2. The number of nitrogens with zero attached hydrogens (tertiary/aromatic N) is 2. The Balaban J connectivity index is 1.60. The molecule has 132 valence electrons. The highest BCUT2D eigenvalue weighted by Gasteiger charge is 2.26. The summed E-state index contributed by atoms with van der Waals surface area (Å²) in [6, 6.07) is 0.00804. The molecule has 2 aliphatic heterocycles. The van der Waals surface area contributed by atoms with Crippen LogP contribution in [0.2, 0.25) is 0 Å². The van der Waals surface area contributed by atoms with E-state index in [1.807, 2.05) is 11.8 Å².